The van der Waals surface area contributed by atoms with E-state index in [-0.39, 0.29) is 23.9 Å². The number of hydrogen-bond acceptors (Lipinski definition) is 6. The van der Waals surface area contributed by atoms with Crippen LogP contribution < -0.4 is 5.32 Å². The number of piperazine rings is 1. The zero-order valence-electron chi connectivity index (χ0n) is 16.8. The molecular formula is C20H22ClN3O5S2. The Morgan fingerprint density at radius 3 is 2.23 bits per heavy atom. The van der Waals surface area contributed by atoms with Gasteiger partial charge in [-0.15, -0.1) is 11.3 Å². The molecule has 0 saturated carbocycles. The van der Waals surface area contributed by atoms with E-state index < -0.39 is 27.0 Å². The molecule has 2 aromatic rings. The lowest BCUT2D eigenvalue weighted by atomic mass is 10.2. The molecule has 1 aromatic heterocycles. The molecule has 0 bridgehead atoms. The van der Waals surface area contributed by atoms with Crippen molar-refractivity contribution in [2.45, 2.75) is 23.6 Å². The van der Waals surface area contributed by atoms with Gasteiger partial charge in [0.2, 0.25) is 21.1 Å². The third-order valence-electron chi connectivity index (χ3n) is 4.93. The van der Waals surface area contributed by atoms with Gasteiger partial charge in [-0.3, -0.25) is 14.4 Å². The van der Waals surface area contributed by atoms with E-state index in [1.165, 1.54) is 29.2 Å². The molecule has 3 amide bonds. The molecular weight excluding hydrogens is 462 g/mol. The third kappa shape index (κ3) is 5.25. The second-order valence-electron chi connectivity index (χ2n) is 6.89. The summed E-state index contributed by atoms with van der Waals surface area (Å²) >= 11 is 7.00. The summed E-state index contributed by atoms with van der Waals surface area (Å²) < 4.78 is 26.6. The number of nitrogens with one attached hydrogen (secondary N) is 1. The number of amides is 3. The van der Waals surface area contributed by atoms with E-state index in [1.54, 1.807) is 29.3 Å². The fourth-order valence-corrected chi connectivity index (χ4v) is 5.41. The third-order valence-corrected chi connectivity index (χ3v) is 7.92. The number of benzene rings is 1. The lowest BCUT2D eigenvalue weighted by Crippen LogP contribution is -2.57. The summed E-state index contributed by atoms with van der Waals surface area (Å²) in [5, 5.41) is 2.63. The normalized spacial score (nSPS) is 15.4. The van der Waals surface area contributed by atoms with Crippen LogP contribution in [0.1, 0.15) is 23.0 Å². The summed E-state index contributed by atoms with van der Waals surface area (Å²) in [4.78, 5) is 40.9. The first kappa shape index (κ1) is 23.2. The molecule has 166 valence electrons. The molecule has 1 aliphatic rings. The second kappa shape index (κ2) is 9.80. The molecule has 3 rings (SSSR count). The first-order valence-electron chi connectivity index (χ1n) is 9.64. The molecule has 0 spiro atoms. The zero-order chi connectivity index (χ0) is 22.6. The van der Waals surface area contributed by atoms with Crippen molar-refractivity contribution in [3.8, 4) is 0 Å². The van der Waals surface area contributed by atoms with Gasteiger partial charge in [0.15, 0.2) is 0 Å². The SMILES string of the molecule is CCC(=O)N1CCN(C(=O)[C@H](NC(=O)c2cccs2)S(=O)(=O)c2ccc(Cl)cc2)CC1. The summed E-state index contributed by atoms with van der Waals surface area (Å²) in [5.74, 6) is -1.41. The Hall–Kier alpha value is -2.43. The van der Waals surface area contributed by atoms with Crippen molar-refractivity contribution in [1.29, 1.82) is 0 Å². The summed E-state index contributed by atoms with van der Waals surface area (Å²) in [7, 11) is -4.24. The Kier molecular flexibility index (Phi) is 7.34. The Morgan fingerprint density at radius 2 is 1.68 bits per heavy atom. The van der Waals surface area contributed by atoms with Crippen LogP contribution in [0.2, 0.25) is 5.02 Å². The number of halogens is 1. The topological polar surface area (TPSA) is 104 Å². The Morgan fingerprint density at radius 1 is 1.06 bits per heavy atom. The monoisotopic (exact) mass is 483 g/mol. The minimum absolute atomic E-state index is 0.0246. The van der Waals surface area contributed by atoms with Crippen LogP contribution in [-0.2, 0) is 19.4 Å². The van der Waals surface area contributed by atoms with Crippen LogP contribution in [0.4, 0.5) is 0 Å². The Labute approximate surface area is 189 Å². The van der Waals surface area contributed by atoms with Crippen molar-refractivity contribution in [3.63, 3.8) is 0 Å². The van der Waals surface area contributed by atoms with E-state index in [9.17, 15) is 22.8 Å². The first-order chi connectivity index (χ1) is 14.7. The molecule has 1 atom stereocenters. The molecule has 1 aliphatic heterocycles. The summed E-state index contributed by atoms with van der Waals surface area (Å²) in [6.45, 7) is 2.75. The van der Waals surface area contributed by atoms with Gasteiger partial charge >= 0.3 is 0 Å². The van der Waals surface area contributed by atoms with E-state index in [1.807, 2.05) is 0 Å². The zero-order valence-corrected chi connectivity index (χ0v) is 19.2. The van der Waals surface area contributed by atoms with E-state index in [0.29, 0.717) is 29.4 Å². The number of nitrogens with zero attached hydrogens (tertiary/aromatic N) is 2. The maximum atomic E-state index is 13.3. The van der Waals surface area contributed by atoms with Gasteiger partial charge in [0.25, 0.3) is 11.8 Å². The summed E-state index contributed by atoms with van der Waals surface area (Å²) in [6.07, 6.45) is 0.360. The molecule has 2 heterocycles. The van der Waals surface area contributed by atoms with Gasteiger partial charge in [0.1, 0.15) is 0 Å². The molecule has 11 heteroatoms. The number of sulfone groups is 1. The smallest absolute Gasteiger partial charge is 0.262 e. The Balaban J connectivity index is 1.86. The minimum atomic E-state index is -4.24. The van der Waals surface area contributed by atoms with Crippen molar-refractivity contribution < 1.29 is 22.8 Å². The van der Waals surface area contributed by atoms with E-state index in [4.69, 9.17) is 11.6 Å². The number of carbonyl (C=O) groups is 3. The quantitative estimate of drug-likeness (QED) is 0.676. The standard InChI is InChI=1S/C20H22ClN3O5S2/c1-2-17(25)23-9-11-24(12-10-23)20(27)19(22-18(26)16-4-3-13-30-16)31(28,29)15-7-5-14(21)6-8-15/h3-8,13,19H,2,9-12H2,1H3,(H,22,26)/t19-/m1/s1. The van der Waals surface area contributed by atoms with Crippen LogP contribution in [0.25, 0.3) is 0 Å². The van der Waals surface area contributed by atoms with Gasteiger partial charge in [-0.2, -0.15) is 0 Å². The highest BCUT2D eigenvalue weighted by Gasteiger charge is 2.39. The fraction of sp³-hybridized carbons (Fsp3) is 0.350. The van der Waals surface area contributed by atoms with Gasteiger partial charge in [0, 0.05) is 37.6 Å². The lowest BCUT2D eigenvalue weighted by Gasteiger charge is -2.36. The van der Waals surface area contributed by atoms with Gasteiger partial charge in [-0.1, -0.05) is 24.6 Å². The molecule has 0 radical (unpaired) electrons. The maximum Gasteiger partial charge on any atom is 0.262 e. The molecule has 1 fully saturated rings. The van der Waals surface area contributed by atoms with Gasteiger partial charge in [-0.25, -0.2) is 8.42 Å². The summed E-state index contributed by atoms with van der Waals surface area (Å²) in [6, 6.07) is 8.62. The molecule has 31 heavy (non-hydrogen) atoms. The molecule has 0 aliphatic carbocycles. The highest BCUT2D eigenvalue weighted by Crippen LogP contribution is 2.21. The van der Waals surface area contributed by atoms with Gasteiger partial charge in [0.05, 0.1) is 9.77 Å². The van der Waals surface area contributed by atoms with Crippen LogP contribution in [0.15, 0.2) is 46.7 Å². The maximum absolute atomic E-state index is 13.3. The van der Waals surface area contributed by atoms with Crippen molar-refractivity contribution in [2.24, 2.45) is 0 Å². The molecule has 1 saturated heterocycles. The van der Waals surface area contributed by atoms with Crippen molar-refractivity contribution in [2.75, 3.05) is 26.2 Å². The number of carbonyl (C=O) groups excluding carboxylic acids is 3. The van der Waals surface area contributed by atoms with E-state index in [2.05, 4.69) is 5.32 Å². The van der Waals surface area contributed by atoms with Crippen LogP contribution in [-0.4, -0.2) is 67.5 Å². The molecule has 1 aromatic carbocycles. The van der Waals surface area contributed by atoms with Crippen LogP contribution in [0, 0.1) is 0 Å². The van der Waals surface area contributed by atoms with Gasteiger partial charge in [-0.05, 0) is 35.7 Å². The number of thiophene rings is 1. The van der Waals surface area contributed by atoms with Crippen LogP contribution >= 0.6 is 22.9 Å². The summed E-state index contributed by atoms with van der Waals surface area (Å²) in [5.41, 5.74) is 0. The molecule has 8 nitrogen and oxygen atoms in total. The van der Waals surface area contributed by atoms with E-state index in [0.717, 1.165) is 11.3 Å². The fourth-order valence-electron chi connectivity index (χ4n) is 3.20. The van der Waals surface area contributed by atoms with Crippen molar-refractivity contribution in [1.82, 2.24) is 15.1 Å². The average molecular weight is 484 g/mol. The highest BCUT2D eigenvalue weighted by atomic mass is 35.5. The minimum Gasteiger partial charge on any atom is -0.339 e. The average Bonchev–Trinajstić information content (AvgIpc) is 3.32. The predicted octanol–water partition coefficient (Wildman–Crippen LogP) is 2.01. The van der Waals surface area contributed by atoms with E-state index >= 15 is 0 Å². The Bertz CT molecular complexity index is 1050. The van der Waals surface area contributed by atoms with Gasteiger partial charge < -0.3 is 15.1 Å². The highest BCUT2D eigenvalue weighted by molar-refractivity contribution is 7.92. The second-order valence-corrected chi connectivity index (χ2v) is 10.3. The first-order valence-corrected chi connectivity index (χ1v) is 12.4. The molecule has 1 N–H and O–H groups in total. The number of rotatable bonds is 6. The largest absolute Gasteiger partial charge is 0.339 e. The van der Waals surface area contributed by atoms with Crippen LogP contribution in [0.3, 0.4) is 0 Å². The predicted molar refractivity (Wildman–Crippen MR) is 118 cm³/mol. The number of hydrogen-bond donors (Lipinski definition) is 1. The van der Waals surface area contributed by atoms with Crippen molar-refractivity contribution in [3.05, 3.63) is 51.7 Å². The van der Waals surface area contributed by atoms with Crippen LogP contribution in [0.5, 0.6) is 0 Å². The molecule has 0 unspecified atom stereocenters. The lowest BCUT2D eigenvalue weighted by molar-refractivity contribution is -0.139. The van der Waals surface area contributed by atoms with Crippen molar-refractivity contribution >= 4 is 50.5 Å².